The number of carbonyl (C=O) groups is 1. The van der Waals surface area contributed by atoms with Crippen LogP contribution < -0.4 is 5.32 Å². The van der Waals surface area contributed by atoms with E-state index in [0.29, 0.717) is 5.92 Å². The van der Waals surface area contributed by atoms with Gasteiger partial charge in [0.15, 0.2) is 0 Å². The van der Waals surface area contributed by atoms with Crippen LogP contribution >= 0.6 is 0 Å². The number of nitrogens with one attached hydrogen (secondary N) is 1. The molecule has 2 aliphatic heterocycles. The van der Waals surface area contributed by atoms with Gasteiger partial charge >= 0.3 is 0 Å². The third-order valence-corrected chi connectivity index (χ3v) is 5.04. The Hall–Kier alpha value is -2.13. The number of fused-ring (bicyclic) bond motifs is 3. The van der Waals surface area contributed by atoms with Gasteiger partial charge in [0.2, 0.25) is 0 Å². The zero-order valence-corrected chi connectivity index (χ0v) is 12.8. The van der Waals surface area contributed by atoms with Crippen LogP contribution in [0.4, 0.5) is 0 Å². The first-order chi connectivity index (χ1) is 10.8. The summed E-state index contributed by atoms with van der Waals surface area (Å²) in [6.07, 6.45) is 0. The molecule has 4 rings (SSSR count). The third-order valence-electron chi connectivity index (χ3n) is 5.04. The highest BCUT2D eigenvalue weighted by Gasteiger charge is 2.40. The molecule has 2 heterocycles. The molecule has 112 valence electrons. The molecule has 3 heteroatoms. The maximum absolute atomic E-state index is 13.0. The van der Waals surface area contributed by atoms with Crippen molar-refractivity contribution in [3.63, 3.8) is 0 Å². The highest BCUT2D eigenvalue weighted by molar-refractivity contribution is 5.94. The maximum Gasteiger partial charge on any atom is 0.254 e. The second-order valence-electron chi connectivity index (χ2n) is 6.27. The van der Waals surface area contributed by atoms with Crippen LogP contribution in [0.5, 0.6) is 0 Å². The minimum absolute atomic E-state index is 0.146. The molecule has 1 saturated heterocycles. The predicted octanol–water partition coefficient (Wildman–Crippen LogP) is 2.71. The van der Waals surface area contributed by atoms with Gasteiger partial charge in [-0.2, -0.15) is 0 Å². The molecule has 0 unspecified atom stereocenters. The zero-order valence-electron chi connectivity index (χ0n) is 12.8. The average molecular weight is 292 g/mol. The van der Waals surface area contributed by atoms with Gasteiger partial charge in [-0.05, 0) is 35.7 Å². The van der Waals surface area contributed by atoms with Gasteiger partial charge in [0, 0.05) is 31.1 Å². The lowest BCUT2D eigenvalue weighted by atomic mass is 9.83. The van der Waals surface area contributed by atoms with Gasteiger partial charge in [-0.3, -0.25) is 4.79 Å². The van der Waals surface area contributed by atoms with Crippen molar-refractivity contribution in [1.82, 2.24) is 10.2 Å². The Bertz CT molecular complexity index is 711. The van der Waals surface area contributed by atoms with Crippen LogP contribution in [0.2, 0.25) is 0 Å². The molecule has 2 aromatic rings. The Kier molecular flexibility index (Phi) is 3.23. The molecule has 0 aliphatic carbocycles. The van der Waals surface area contributed by atoms with E-state index in [-0.39, 0.29) is 11.9 Å². The highest BCUT2D eigenvalue weighted by Crippen LogP contribution is 2.37. The Labute approximate surface area is 131 Å². The minimum atomic E-state index is 0.146. The van der Waals surface area contributed by atoms with Gasteiger partial charge in [-0.15, -0.1) is 0 Å². The summed E-state index contributed by atoms with van der Waals surface area (Å²) in [6, 6.07) is 16.4. The van der Waals surface area contributed by atoms with E-state index < -0.39 is 0 Å². The van der Waals surface area contributed by atoms with Crippen molar-refractivity contribution >= 4 is 5.91 Å². The normalized spacial score (nSPS) is 23.0. The summed E-state index contributed by atoms with van der Waals surface area (Å²) in [6.45, 7) is 4.71. The van der Waals surface area contributed by atoms with Gasteiger partial charge in [-0.1, -0.05) is 36.4 Å². The van der Waals surface area contributed by atoms with Crippen molar-refractivity contribution in [1.29, 1.82) is 0 Å². The molecule has 2 aliphatic rings. The SMILES string of the molecule is Cc1cccc2c1CN(C(=O)c1ccccc1)[C@@H]1CNC[C@@H]21. The van der Waals surface area contributed by atoms with E-state index in [1.54, 1.807) is 0 Å². The predicted molar refractivity (Wildman–Crippen MR) is 86.9 cm³/mol. The Morgan fingerprint density at radius 1 is 1.09 bits per heavy atom. The molecule has 0 radical (unpaired) electrons. The molecule has 1 fully saturated rings. The quantitative estimate of drug-likeness (QED) is 0.876. The first-order valence-corrected chi connectivity index (χ1v) is 7.91. The highest BCUT2D eigenvalue weighted by atomic mass is 16.2. The van der Waals surface area contributed by atoms with E-state index in [9.17, 15) is 4.79 Å². The monoisotopic (exact) mass is 292 g/mol. The van der Waals surface area contributed by atoms with Gasteiger partial charge in [0.05, 0.1) is 6.04 Å². The van der Waals surface area contributed by atoms with Crippen LogP contribution in [0.3, 0.4) is 0 Å². The number of carbonyl (C=O) groups excluding carboxylic acids is 1. The largest absolute Gasteiger partial charge is 0.329 e. The fourth-order valence-corrected chi connectivity index (χ4v) is 3.85. The van der Waals surface area contributed by atoms with E-state index in [0.717, 1.165) is 25.2 Å². The minimum Gasteiger partial charge on any atom is -0.329 e. The fraction of sp³-hybridized carbons (Fsp3) is 0.316. The molecule has 0 saturated carbocycles. The van der Waals surface area contributed by atoms with E-state index >= 15 is 0 Å². The molecule has 3 nitrogen and oxygen atoms in total. The fourth-order valence-electron chi connectivity index (χ4n) is 3.85. The lowest BCUT2D eigenvalue weighted by Gasteiger charge is -2.39. The number of rotatable bonds is 1. The number of nitrogens with zero attached hydrogens (tertiary/aromatic N) is 1. The van der Waals surface area contributed by atoms with Crippen LogP contribution in [0, 0.1) is 6.92 Å². The number of benzene rings is 2. The molecule has 0 aromatic heterocycles. The summed E-state index contributed by atoms with van der Waals surface area (Å²) < 4.78 is 0. The van der Waals surface area contributed by atoms with Gasteiger partial charge < -0.3 is 10.2 Å². The summed E-state index contributed by atoms with van der Waals surface area (Å²) in [7, 11) is 0. The molecule has 0 bridgehead atoms. The van der Waals surface area contributed by atoms with Crippen LogP contribution in [-0.2, 0) is 6.54 Å². The van der Waals surface area contributed by atoms with E-state index in [1.807, 2.05) is 30.3 Å². The van der Waals surface area contributed by atoms with Crippen molar-refractivity contribution in [2.75, 3.05) is 13.1 Å². The zero-order chi connectivity index (χ0) is 15.1. The van der Waals surface area contributed by atoms with Crippen molar-refractivity contribution in [2.45, 2.75) is 25.4 Å². The summed E-state index contributed by atoms with van der Waals surface area (Å²) in [4.78, 5) is 15.0. The van der Waals surface area contributed by atoms with Crippen LogP contribution in [0.1, 0.15) is 33.0 Å². The lowest BCUT2D eigenvalue weighted by Crippen LogP contribution is -2.47. The van der Waals surface area contributed by atoms with Crippen molar-refractivity contribution in [2.24, 2.45) is 0 Å². The molecular formula is C19H20N2O. The number of hydrogen-bond acceptors (Lipinski definition) is 2. The van der Waals surface area contributed by atoms with Crippen molar-refractivity contribution < 1.29 is 4.79 Å². The van der Waals surface area contributed by atoms with E-state index in [1.165, 1.54) is 16.7 Å². The molecule has 1 N–H and O–H groups in total. The topological polar surface area (TPSA) is 32.3 Å². The molecule has 2 atom stereocenters. The molecular weight excluding hydrogens is 272 g/mol. The summed E-state index contributed by atoms with van der Waals surface area (Å²) in [5, 5.41) is 3.47. The second-order valence-corrected chi connectivity index (χ2v) is 6.27. The first-order valence-electron chi connectivity index (χ1n) is 7.91. The first kappa shape index (κ1) is 13.5. The Morgan fingerprint density at radius 2 is 1.91 bits per heavy atom. The van der Waals surface area contributed by atoms with Crippen LogP contribution in [-0.4, -0.2) is 29.9 Å². The average Bonchev–Trinajstić information content (AvgIpc) is 3.05. The van der Waals surface area contributed by atoms with Gasteiger partial charge in [0.1, 0.15) is 0 Å². The number of aryl methyl sites for hydroxylation is 1. The summed E-state index contributed by atoms with van der Waals surface area (Å²) in [5.41, 5.74) is 4.82. The standard InChI is InChI=1S/C19H20N2O/c1-13-6-5-9-15-16-10-20-11-18(16)21(12-17(13)15)19(22)14-7-3-2-4-8-14/h2-9,16,18,20H,10-12H2,1H3/t16-,18+/m0/s1. The second kappa shape index (κ2) is 5.25. The lowest BCUT2D eigenvalue weighted by molar-refractivity contribution is 0.0639. The number of amides is 1. The van der Waals surface area contributed by atoms with Gasteiger partial charge in [-0.25, -0.2) is 0 Å². The Morgan fingerprint density at radius 3 is 2.73 bits per heavy atom. The van der Waals surface area contributed by atoms with E-state index in [2.05, 4.69) is 35.3 Å². The number of hydrogen-bond donors (Lipinski definition) is 1. The molecule has 22 heavy (non-hydrogen) atoms. The third kappa shape index (κ3) is 2.04. The summed E-state index contributed by atoms with van der Waals surface area (Å²) >= 11 is 0. The maximum atomic E-state index is 13.0. The molecule has 1 amide bonds. The molecule has 2 aromatic carbocycles. The molecule has 0 spiro atoms. The van der Waals surface area contributed by atoms with Crippen LogP contribution in [0.25, 0.3) is 0 Å². The Balaban J connectivity index is 1.75. The van der Waals surface area contributed by atoms with Crippen molar-refractivity contribution in [3.05, 3.63) is 70.8 Å². The van der Waals surface area contributed by atoms with E-state index in [4.69, 9.17) is 0 Å². The van der Waals surface area contributed by atoms with Gasteiger partial charge in [0.25, 0.3) is 5.91 Å². The smallest absolute Gasteiger partial charge is 0.254 e. The van der Waals surface area contributed by atoms with Crippen LogP contribution in [0.15, 0.2) is 48.5 Å². The van der Waals surface area contributed by atoms with Crippen molar-refractivity contribution in [3.8, 4) is 0 Å². The summed E-state index contributed by atoms with van der Waals surface area (Å²) in [5.74, 6) is 0.560.